The van der Waals surface area contributed by atoms with Crippen molar-refractivity contribution in [2.45, 2.75) is 38.0 Å². The first-order valence-corrected chi connectivity index (χ1v) is 8.23. The summed E-state index contributed by atoms with van der Waals surface area (Å²) in [5, 5.41) is 5.44. The molecular weight excluding hydrogens is 330 g/mol. The van der Waals surface area contributed by atoms with Crippen LogP contribution in [0.5, 0.6) is 0 Å². The summed E-state index contributed by atoms with van der Waals surface area (Å²) in [4.78, 5) is 15.1. The normalized spacial score (nSPS) is 16.8. The van der Waals surface area contributed by atoms with Crippen LogP contribution in [0.25, 0.3) is 16.6 Å². The molecule has 1 saturated carbocycles. The zero-order valence-corrected chi connectivity index (χ0v) is 13.2. The second-order valence-corrected chi connectivity index (χ2v) is 6.73. The number of fused-ring (bicyclic) bond motifs is 3. The maximum Gasteiger partial charge on any atom is 0.259 e. The lowest BCUT2D eigenvalue weighted by molar-refractivity contribution is 0.435. The van der Waals surface area contributed by atoms with Crippen molar-refractivity contribution in [1.82, 2.24) is 14.6 Å². The molecule has 108 valence electrons. The van der Waals surface area contributed by atoms with Crippen molar-refractivity contribution in [3.63, 3.8) is 0 Å². The van der Waals surface area contributed by atoms with Crippen molar-refractivity contribution < 1.29 is 0 Å². The Kier molecular flexibility index (Phi) is 3.10. The number of H-pyrrole nitrogens is 1. The lowest BCUT2D eigenvalue weighted by Gasteiger charge is -2.19. The van der Waals surface area contributed by atoms with Crippen LogP contribution in [0.1, 0.15) is 43.7 Å². The molecule has 1 aliphatic rings. The second kappa shape index (κ2) is 4.98. The van der Waals surface area contributed by atoms with Crippen LogP contribution in [0.4, 0.5) is 0 Å². The van der Waals surface area contributed by atoms with E-state index in [-0.39, 0.29) is 5.56 Å². The van der Waals surface area contributed by atoms with Crippen LogP contribution >= 0.6 is 15.9 Å². The van der Waals surface area contributed by atoms with Crippen LogP contribution in [-0.2, 0) is 0 Å². The molecule has 0 spiro atoms. The van der Waals surface area contributed by atoms with Crippen molar-refractivity contribution in [3.05, 3.63) is 44.8 Å². The first-order valence-electron chi connectivity index (χ1n) is 7.43. The summed E-state index contributed by atoms with van der Waals surface area (Å²) >= 11 is 3.47. The first kappa shape index (κ1) is 13.1. The Bertz CT molecular complexity index is 874. The summed E-state index contributed by atoms with van der Waals surface area (Å²) in [5.41, 5.74) is 2.69. The largest absolute Gasteiger partial charge is 0.306 e. The Balaban J connectivity index is 1.96. The molecule has 1 aliphatic carbocycles. The summed E-state index contributed by atoms with van der Waals surface area (Å²) in [6.45, 7) is 0. The SMILES string of the molecule is O=c1[nH]c2cc(C3CCCCC3)nn2c2cc(Br)ccc12. The van der Waals surface area contributed by atoms with Crippen molar-refractivity contribution >= 4 is 32.5 Å². The number of hydrogen-bond acceptors (Lipinski definition) is 2. The highest BCUT2D eigenvalue weighted by molar-refractivity contribution is 9.10. The number of nitrogens with zero attached hydrogens (tertiary/aromatic N) is 2. The molecule has 1 aromatic carbocycles. The number of aromatic amines is 1. The molecule has 0 amide bonds. The van der Waals surface area contributed by atoms with E-state index in [1.807, 2.05) is 28.8 Å². The van der Waals surface area contributed by atoms with E-state index < -0.39 is 0 Å². The Morgan fingerprint density at radius 3 is 2.81 bits per heavy atom. The number of benzene rings is 1. The minimum atomic E-state index is -0.0555. The minimum Gasteiger partial charge on any atom is -0.306 e. The van der Waals surface area contributed by atoms with E-state index in [4.69, 9.17) is 5.10 Å². The molecule has 4 rings (SSSR count). The maximum atomic E-state index is 12.2. The van der Waals surface area contributed by atoms with E-state index in [0.29, 0.717) is 11.3 Å². The topological polar surface area (TPSA) is 50.2 Å². The Morgan fingerprint density at radius 1 is 1.19 bits per heavy atom. The average Bonchev–Trinajstić information content (AvgIpc) is 2.92. The van der Waals surface area contributed by atoms with Gasteiger partial charge in [0.25, 0.3) is 5.56 Å². The van der Waals surface area contributed by atoms with Crippen molar-refractivity contribution in [1.29, 1.82) is 0 Å². The van der Waals surface area contributed by atoms with Gasteiger partial charge >= 0.3 is 0 Å². The molecule has 2 heterocycles. The Hall–Kier alpha value is -1.62. The fourth-order valence-corrected chi connectivity index (χ4v) is 3.67. The second-order valence-electron chi connectivity index (χ2n) is 5.82. The average molecular weight is 346 g/mol. The zero-order chi connectivity index (χ0) is 14.4. The summed E-state index contributed by atoms with van der Waals surface area (Å²) in [6.07, 6.45) is 6.30. The van der Waals surface area contributed by atoms with Gasteiger partial charge in [0, 0.05) is 16.5 Å². The third kappa shape index (κ3) is 2.20. The molecule has 0 bridgehead atoms. The Labute approximate surface area is 130 Å². The molecule has 5 heteroatoms. The van der Waals surface area contributed by atoms with Crippen molar-refractivity contribution in [2.24, 2.45) is 0 Å². The fraction of sp³-hybridized carbons (Fsp3) is 0.375. The molecular formula is C16H16BrN3O. The predicted molar refractivity (Wildman–Crippen MR) is 86.8 cm³/mol. The predicted octanol–water partition coefficient (Wildman–Crippen LogP) is 3.99. The molecule has 3 aromatic rings. The minimum absolute atomic E-state index is 0.0555. The van der Waals surface area contributed by atoms with E-state index >= 15 is 0 Å². The highest BCUT2D eigenvalue weighted by atomic mass is 79.9. The van der Waals surface area contributed by atoms with Crippen LogP contribution in [-0.4, -0.2) is 14.6 Å². The highest BCUT2D eigenvalue weighted by Crippen LogP contribution is 2.32. The van der Waals surface area contributed by atoms with E-state index in [1.165, 1.54) is 32.1 Å². The highest BCUT2D eigenvalue weighted by Gasteiger charge is 2.19. The van der Waals surface area contributed by atoms with Crippen LogP contribution < -0.4 is 5.56 Å². The molecule has 2 aromatic heterocycles. The van der Waals surface area contributed by atoms with Crippen LogP contribution in [0.2, 0.25) is 0 Å². The molecule has 0 aliphatic heterocycles. The van der Waals surface area contributed by atoms with E-state index in [1.54, 1.807) is 0 Å². The number of hydrogen-bond donors (Lipinski definition) is 1. The van der Waals surface area contributed by atoms with Gasteiger partial charge in [-0.1, -0.05) is 35.2 Å². The number of nitrogens with one attached hydrogen (secondary N) is 1. The number of rotatable bonds is 1. The van der Waals surface area contributed by atoms with Gasteiger partial charge in [-0.3, -0.25) is 4.79 Å². The summed E-state index contributed by atoms with van der Waals surface area (Å²) in [5.74, 6) is 0.532. The smallest absolute Gasteiger partial charge is 0.259 e. The first-order chi connectivity index (χ1) is 10.2. The standard InChI is InChI=1S/C16H16BrN3O/c17-11-6-7-12-14(8-11)20-15(18-16(12)21)9-13(19-20)10-4-2-1-3-5-10/h6-10H,1-5H2,(H,18,21). The molecule has 21 heavy (non-hydrogen) atoms. The molecule has 0 unspecified atom stereocenters. The lowest BCUT2D eigenvalue weighted by Crippen LogP contribution is -2.10. The Morgan fingerprint density at radius 2 is 2.00 bits per heavy atom. The van der Waals surface area contributed by atoms with Crippen molar-refractivity contribution in [3.8, 4) is 0 Å². The van der Waals surface area contributed by atoms with E-state index in [0.717, 1.165) is 21.3 Å². The van der Waals surface area contributed by atoms with Crippen LogP contribution in [0.15, 0.2) is 33.5 Å². The quantitative estimate of drug-likeness (QED) is 0.724. The molecule has 0 radical (unpaired) electrons. The van der Waals surface area contributed by atoms with Gasteiger partial charge in [-0.2, -0.15) is 5.10 Å². The third-order valence-electron chi connectivity index (χ3n) is 4.43. The monoisotopic (exact) mass is 345 g/mol. The van der Waals surface area contributed by atoms with Gasteiger partial charge in [-0.15, -0.1) is 0 Å². The fourth-order valence-electron chi connectivity index (χ4n) is 3.33. The number of aromatic nitrogens is 3. The molecule has 1 N–H and O–H groups in total. The van der Waals surface area contributed by atoms with E-state index in [2.05, 4.69) is 20.9 Å². The summed E-state index contributed by atoms with van der Waals surface area (Å²) in [6, 6.07) is 7.71. The maximum absolute atomic E-state index is 12.2. The summed E-state index contributed by atoms with van der Waals surface area (Å²) < 4.78 is 2.82. The number of halogens is 1. The zero-order valence-electron chi connectivity index (χ0n) is 11.6. The molecule has 4 nitrogen and oxygen atoms in total. The van der Waals surface area contributed by atoms with Crippen molar-refractivity contribution in [2.75, 3.05) is 0 Å². The molecule has 1 fully saturated rings. The van der Waals surface area contributed by atoms with Gasteiger partial charge in [-0.25, -0.2) is 4.52 Å². The van der Waals surface area contributed by atoms with Crippen LogP contribution in [0.3, 0.4) is 0 Å². The van der Waals surface area contributed by atoms with Gasteiger partial charge in [0.1, 0.15) is 5.65 Å². The van der Waals surface area contributed by atoms with Gasteiger partial charge in [0.2, 0.25) is 0 Å². The summed E-state index contributed by atoms with van der Waals surface area (Å²) in [7, 11) is 0. The lowest BCUT2D eigenvalue weighted by atomic mass is 9.87. The van der Waals surface area contributed by atoms with Gasteiger partial charge in [0.15, 0.2) is 0 Å². The molecule has 0 atom stereocenters. The van der Waals surface area contributed by atoms with Gasteiger partial charge in [0.05, 0.1) is 16.6 Å². The van der Waals surface area contributed by atoms with Crippen LogP contribution in [0, 0.1) is 0 Å². The van der Waals surface area contributed by atoms with Gasteiger partial charge in [-0.05, 0) is 31.0 Å². The van der Waals surface area contributed by atoms with Gasteiger partial charge < -0.3 is 4.98 Å². The van der Waals surface area contributed by atoms with E-state index in [9.17, 15) is 4.79 Å². The third-order valence-corrected chi connectivity index (χ3v) is 4.92. The molecule has 0 saturated heterocycles.